The molecular formula is C23H21N3O5. The van der Waals surface area contributed by atoms with Gasteiger partial charge < -0.3 is 24.4 Å². The van der Waals surface area contributed by atoms with Crippen LogP contribution in [0.25, 0.3) is 0 Å². The van der Waals surface area contributed by atoms with E-state index < -0.39 is 23.5 Å². The van der Waals surface area contributed by atoms with E-state index >= 15 is 0 Å². The molecule has 31 heavy (non-hydrogen) atoms. The number of hydrogen-bond donors (Lipinski definition) is 1. The zero-order valence-electron chi connectivity index (χ0n) is 16.7. The van der Waals surface area contributed by atoms with Crippen LogP contribution in [0.4, 0.5) is 5.69 Å². The third-order valence-electron chi connectivity index (χ3n) is 6.41. The Hall–Kier alpha value is -3.39. The molecule has 0 saturated carbocycles. The number of ether oxygens (including phenoxy) is 3. The first-order valence-corrected chi connectivity index (χ1v) is 10.4. The predicted molar refractivity (Wildman–Crippen MR) is 109 cm³/mol. The molecule has 8 heteroatoms. The molecule has 4 aliphatic rings. The fourth-order valence-corrected chi connectivity index (χ4v) is 5.07. The van der Waals surface area contributed by atoms with E-state index in [1.807, 2.05) is 24.3 Å². The van der Waals surface area contributed by atoms with Crippen LogP contribution in [0.15, 0.2) is 54.9 Å². The van der Waals surface area contributed by atoms with Crippen LogP contribution in [0.5, 0.6) is 11.5 Å². The summed E-state index contributed by atoms with van der Waals surface area (Å²) in [6, 6.07) is 9.08. The van der Waals surface area contributed by atoms with E-state index in [9.17, 15) is 9.59 Å². The second kappa shape index (κ2) is 6.81. The molecule has 0 radical (unpaired) electrons. The lowest BCUT2D eigenvalue weighted by molar-refractivity contribution is -0.136. The molecule has 2 bridgehead atoms. The number of hydrogen-bond acceptors (Lipinski definition) is 6. The molecule has 2 aromatic rings. The van der Waals surface area contributed by atoms with E-state index in [-0.39, 0.29) is 11.8 Å². The Morgan fingerprint density at radius 3 is 2.81 bits per heavy atom. The first kappa shape index (κ1) is 18.4. The van der Waals surface area contributed by atoms with Gasteiger partial charge in [-0.25, -0.2) is 0 Å². The monoisotopic (exact) mass is 419 g/mol. The van der Waals surface area contributed by atoms with Crippen LogP contribution >= 0.6 is 0 Å². The molecule has 1 aromatic heterocycles. The van der Waals surface area contributed by atoms with Crippen LogP contribution in [0.3, 0.4) is 0 Å². The number of fused-ring (bicyclic) bond motifs is 2. The molecule has 2 amide bonds. The Morgan fingerprint density at radius 2 is 1.97 bits per heavy atom. The number of nitrogens with zero attached hydrogens (tertiary/aromatic N) is 2. The van der Waals surface area contributed by atoms with Crippen LogP contribution < -0.4 is 14.8 Å². The maximum absolute atomic E-state index is 13.3. The molecule has 2 fully saturated rings. The summed E-state index contributed by atoms with van der Waals surface area (Å²) in [5.41, 5.74) is 0.869. The standard InChI is InChI=1S/C23H21N3O5/c27-21(25-15-1-2-16-18(11-15)30-10-9-29-16)19-17-3-6-23(31-17)13-26(22(28)20(19)23)12-14-4-7-24-8-5-14/h1-8,11,17,19-20H,9-10,12-13H2,(H,25,27)/t17-,19-,20-,23+/m1/s1. The first-order valence-electron chi connectivity index (χ1n) is 10.4. The molecule has 5 heterocycles. The van der Waals surface area contributed by atoms with Gasteiger partial charge in [-0.3, -0.25) is 14.6 Å². The lowest BCUT2D eigenvalue weighted by Gasteiger charge is -2.24. The number of anilines is 1. The van der Waals surface area contributed by atoms with Crippen LogP contribution in [0.2, 0.25) is 0 Å². The van der Waals surface area contributed by atoms with Gasteiger partial charge in [0.15, 0.2) is 11.5 Å². The molecule has 0 aliphatic carbocycles. The summed E-state index contributed by atoms with van der Waals surface area (Å²) in [7, 11) is 0. The zero-order valence-corrected chi connectivity index (χ0v) is 16.7. The minimum absolute atomic E-state index is 0.0500. The van der Waals surface area contributed by atoms with Crippen molar-refractivity contribution in [3.05, 3.63) is 60.4 Å². The van der Waals surface area contributed by atoms with Crippen LogP contribution in [-0.2, 0) is 20.9 Å². The second-order valence-electron chi connectivity index (χ2n) is 8.30. The van der Waals surface area contributed by atoms with Crippen molar-refractivity contribution in [2.45, 2.75) is 18.2 Å². The smallest absolute Gasteiger partial charge is 0.231 e. The normalized spacial score (nSPS) is 29.9. The molecule has 158 valence electrons. The maximum atomic E-state index is 13.3. The molecule has 6 rings (SSSR count). The molecule has 1 spiro atoms. The lowest BCUT2D eigenvalue weighted by atomic mass is 9.77. The zero-order chi connectivity index (χ0) is 21.0. The fraction of sp³-hybridized carbons (Fsp3) is 0.348. The van der Waals surface area contributed by atoms with Gasteiger partial charge in [-0.05, 0) is 29.8 Å². The van der Waals surface area contributed by atoms with E-state index in [0.29, 0.717) is 43.5 Å². The minimum Gasteiger partial charge on any atom is -0.486 e. The second-order valence-corrected chi connectivity index (χ2v) is 8.30. The highest BCUT2D eigenvalue weighted by molar-refractivity contribution is 5.99. The highest BCUT2D eigenvalue weighted by atomic mass is 16.6. The van der Waals surface area contributed by atoms with Crippen LogP contribution in [0, 0.1) is 11.8 Å². The molecule has 4 aliphatic heterocycles. The molecule has 4 atom stereocenters. The molecule has 1 aromatic carbocycles. The van der Waals surface area contributed by atoms with Gasteiger partial charge >= 0.3 is 0 Å². The minimum atomic E-state index is -0.733. The molecular weight excluding hydrogens is 398 g/mol. The van der Waals surface area contributed by atoms with Gasteiger partial charge in [-0.15, -0.1) is 0 Å². The number of likely N-dealkylation sites (tertiary alicyclic amines) is 1. The van der Waals surface area contributed by atoms with E-state index in [0.717, 1.165) is 5.56 Å². The van der Waals surface area contributed by atoms with Crippen molar-refractivity contribution >= 4 is 17.5 Å². The van der Waals surface area contributed by atoms with Gasteiger partial charge in [-0.2, -0.15) is 0 Å². The number of pyridine rings is 1. The predicted octanol–water partition coefficient (Wildman–Crippen LogP) is 1.77. The van der Waals surface area contributed by atoms with Crippen LogP contribution in [0.1, 0.15) is 5.56 Å². The Morgan fingerprint density at radius 1 is 1.16 bits per heavy atom. The largest absolute Gasteiger partial charge is 0.486 e. The van der Waals surface area contributed by atoms with Crippen LogP contribution in [-0.4, -0.2) is 53.2 Å². The summed E-state index contributed by atoms with van der Waals surface area (Å²) in [4.78, 5) is 32.4. The van der Waals surface area contributed by atoms with Crippen molar-refractivity contribution in [3.8, 4) is 11.5 Å². The van der Waals surface area contributed by atoms with Gasteiger partial charge in [0.05, 0.1) is 24.5 Å². The highest BCUT2D eigenvalue weighted by Crippen LogP contribution is 2.52. The summed E-state index contributed by atoms with van der Waals surface area (Å²) in [6.07, 6.45) is 6.89. The third kappa shape index (κ3) is 2.90. The number of aromatic nitrogens is 1. The number of carbonyl (C=O) groups is 2. The van der Waals surface area contributed by atoms with Crippen molar-refractivity contribution in [2.24, 2.45) is 11.8 Å². The molecule has 0 unspecified atom stereocenters. The lowest BCUT2D eigenvalue weighted by Crippen LogP contribution is -2.41. The number of rotatable bonds is 4. The molecule has 1 N–H and O–H groups in total. The van der Waals surface area contributed by atoms with Crippen molar-refractivity contribution in [1.29, 1.82) is 0 Å². The van der Waals surface area contributed by atoms with E-state index in [1.54, 1.807) is 35.5 Å². The number of nitrogens with one attached hydrogen (secondary N) is 1. The van der Waals surface area contributed by atoms with Crippen molar-refractivity contribution in [3.63, 3.8) is 0 Å². The average Bonchev–Trinajstić information content (AvgIpc) is 3.43. The Labute approximate surface area is 178 Å². The first-order chi connectivity index (χ1) is 15.1. The van der Waals surface area contributed by atoms with E-state index in [4.69, 9.17) is 14.2 Å². The third-order valence-corrected chi connectivity index (χ3v) is 6.41. The number of benzene rings is 1. The van der Waals surface area contributed by atoms with Crippen molar-refractivity contribution < 1.29 is 23.8 Å². The number of amides is 2. The molecule has 2 saturated heterocycles. The molecule has 8 nitrogen and oxygen atoms in total. The Kier molecular flexibility index (Phi) is 4.04. The summed E-state index contributed by atoms with van der Waals surface area (Å²) in [6.45, 7) is 1.89. The summed E-state index contributed by atoms with van der Waals surface area (Å²) in [5.74, 6) is -0.116. The van der Waals surface area contributed by atoms with Gasteiger partial charge in [-0.1, -0.05) is 12.2 Å². The van der Waals surface area contributed by atoms with Gasteiger partial charge in [0.2, 0.25) is 11.8 Å². The quantitative estimate of drug-likeness (QED) is 0.760. The average molecular weight is 419 g/mol. The van der Waals surface area contributed by atoms with Gasteiger partial charge in [0, 0.05) is 30.7 Å². The number of carbonyl (C=O) groups excluding carboxylic acids is 2. The maximum Gasteiger partial charge on any atom is 0.231 e. The highest BCUT2D eigenvalue weighted by Gasteiger charge is 2.66. The summed E-state index contributed by atoms with van der Waals surface area (Å²) >= 11 is 0. The van der Waals surface area contributed by atoms with E-state index in [1.165, 1.54) is 0 Å². The summed E-state index contributed by atoms with van der Waals surface area (Å²) < 4.78 is 17.3. The van der Waals surface area contributed by atoms with Crippen molar-refractivity contribution in [2.75, 3.05) is 25.1 Å². The SMILES string of the molecule is O=C(Nc1ccc2c(c1)OCCO2)[C@@H]1[C@H]2C=C[C@@]3(CN(Cc4ccncc4)C(=O)[C@@H]13)O2. The van der Waals surface area contributed by atoms with Crippen molar-refractivity contribution in [1.82, 2.24) is 9.88 Å². The Bertz CT molecular complexity index is 1090. The van der Waals surface area contributed by atoms with Gasteiger partial charge in [0.1, 0.15) is 18.8 Å². The Balaban J connectivity index is 1.23. The fourth-order valence-electron chi connectivity index (χ4n) is 5.07. The topological polar surface area (TPSA) is 90.0 Å². The van der Waals surface area contributed by atoms with E-state index in [2.05, 4.69) is 10.3 Å². The summed E-state index contributed by atoms with van der Waals surface area (Å²) in [5, 5.41) is 2.95. The van der Waals surface area contributed by atoms with Gasteiger partial charge in [0.25, 0.3) is 0 Å².